The number of hydrogen-bond acceptors (Lipinski definition) is 3. The number of H-pyrrole nitrogens is 1. The number of rotatable bonds is 4. The molecule has 3 aromatic rings. The summed E-state index contributed by atoms with van der Waals surface area (Å²) < 4.78 is 40.5. The van der Waals surface area contributed by atoms with Crippen LogP contribution in [0.25, 0.3) is 11.0 Å². The summed E-state index contributed by atoms with van der Waals surface area (Å²) in [4.78, 5) is 19.2. The highest BCUT2D eigenvalue weighted by atomic mass is 19.4. The van der Waals surface area contributed by atoms with Gasteiger partial charge in [-0.3, -0.25) is 9.47 Å². The van der Waals surface area contributed by atoms with E-state index in [-0.39, 0.29) is 13.1 Å². The number of halogens is 3. The number of piperazine rings is 1. The Morgan fingerprint density at radius 1 is 0.931 bits per heavy atom. The molecule has 156 valence electrons. The lowest BCUT2D eigenvalue weighted by Crippen LogP contribution is -2.47. The summed E-state index contributed by atoms with van der Waals surface area (Å²) >= 11 is 0. The molecule has 0 unspecified atom stereocenters. The molecule has 8 heteroatoms. The normalized spacial score (nSPS) is 15.5. The van der Waals surface area contributed by atoms with E-state index < -0.39 is 11.7 Å². The lowest BCUT2D eigenvalue weighted by Gasteiger charge is -2.36. The van der Waals surface area contributed by atoms with Gasteiger partial charge in [-0.15, -0.1) is 0 Å². The van der Waals surface area contributed by atoms with Crippen LogP contribution >= 0.6 is 0 Å². The Morgan fingerprint density at radius 3 is 2.38 bits per heavy atom. The number of hydrogen-bond donors (Lipinski definition) is 1. The smallest absolute Gasteiger partial charge is 0.369 e. The van der Waals surface area contributed by atoms with Gasteiger partial charge < -0.3 is 9.88 Å². The number of fused-ring (bicyclic) bond motifs is 1. The van der Waals surface area contributed by atoms with Crippen molar-refractivity contribution in [2.45, 2.75) is 20.1 Å². The van der Waals surface area contributed by atoms with Crippen molar-refractivity contribution < 1.29 is 13.2 Å². The zero-order valence-electron chi connectivity index (χ0n) is 15.2. The highest BCUT2D eigenvalue weighted by Crippen LogP contribution is 2.31. The lowest BCUT2D eigenvalue weighted by molar-refractivity contribution is -0.137. The highest BCUT2D eigenvalue weighted by Gasteiger charge is 2.31. The molecule has 1 N–H and O–H groups in total. The molecule has 5 nitrogen and oxygen atoms in total. The summed E-state index contributed by atoms with van der Waals surface area (Å²) in [6, 6.07) is 13.1. The van der Waals surface area contributed by atoms with Gasteiger partial charge in [-0.2, -0.15) is 13.2 Å². The van der Waals surface area contributed by atoms with Gasteiger partial charge >= 0.3 is 11.9 Å². The fraction of sp³-hybridized carbons (Fsp3) is 0.381. The number of nitrogens with zero attached hydrogens (tertiary/aromatic N) is 3. The van der Waals surface area contributed by atoms with E-state index in [0.29, 0.717) is 25.3 Å². The molecule has 0 amide bonds. The molecule has 0 aliphatic carbocycles. The lowest BCUT2D eigenvalue weighted by atomic mass is 10.1. The molecule has 4 rings (SSSR count). The molecule has 0 radical (unpaired) electrons. The standard InChI is InChI=1S/C20H21F3N4O.CH4/c21-20(22,23)15-4-3-5-16(14-15)26-11-8-25(9-12-26)10-13-27-18-7-2-1-6-17(18)24-19(27)28;/h1-7,14H,8-13H2,(H,24,28);1H4. The predicted molar refractivity (Wildman–Crippen MR) is 109 cm³/mol. The minimum atomic E-state index is -4.33. The molecular formula is C21H25F3N4O. The van der Waals surface area contributed by atoms with Gasteiger partial charge in [0.1, 0.15) is 0 Å². The summed E-state index contributed by atoms with van der Waals surface area (Å²) in [7, 11) is 0. The number of nitrogens with one attached hydrogen (secondary N) is 1. The number of anilines is 1. The third-order valence-electron chi connectivity index (χ3n) is 5.23. The maximum Gasteiger partial charge on any atom is 0.416 e. The first kappa shape index (κ1) is 21.0. The maximum atomic E-state index is 12.9. The topological polar surface area (TPSA) is 44.3 Å². The van der Waals surface area contributed by atoms with Crippen molar-refractivity contribution in [2.75, 3.05) is 37.6 Å². The van der Waals surface area contributed by atoms with E-state index in [2.05, 4.69) is 9.88 Å². The van der Waals surface area contributed by atoms with Gasteiger partial charge in [-0.1, -0.05) is 25.6 Å². The molecule has 1 aliphatic rings. The number of aromatic nitrogens is 2. The summed E-state index contributed by atoms with van der Waals surface area (Å²) in [6.45, 7) is 4.10. The summed E-state index contributed by atoms with van der Waals surface area (Å²) in [6.07, 6.45) is -4.33. The van der Waals surface area contributed by atoms with E-state index in [1.54, 1.807) is 10.6 Å². The second-order valence-corrected chi connectivity index (χ2v) is 6.98. The molecular weight excluding hydrogens is 381 g/mol. The van der Waals surface area contributed by atoms with E-state index in [0.717, 1.165) is 36.7 Å². The third kappa shape index (κ3) is 4.48. The van der Waals surface area contributed by atoms with Crippen LogP contribution in [-0.2, 0) is 12.7 Å². The number of aromatic amines is 1. The minimum absolute atomic E-state index is 0. The van der Waals surface area contributed by atoms with Gasteiger partial charge in [-0.25, -0.2) is 4.79 Å². The Hall–Kier alpha value is -2.74. The summed E-state index contributed by atoms with van der Waals surface area (Å²) in [5.74, 6) is 0. The first-order chi connectivity index (χ1) is 13.4. The number of alkyl halides is 3. The Morgan fingerprint density at radius 2 is 1.66 bits per heavy atom. The molecule has 2 aromatic carbocycles. The second-order valence-electron chi connectivity index (χ2n) is 6.98. The second kappa shape index (κ2) is 8.32. The number of para-hydroxylation sites is 2. The fourth-order valence-corrected chi connectivity index (χ4v) is 3.68. The molecule has 1 saturated heterocycles. The van der Waals surface area contributed by atoms with Crippen molar-refractivity contribution in [2.24, 2.45) is 0 Å². The van der Waals surface area contributed by atoms with Crippen LogP contribution in [0.3, 0.4) is 0 Å². The van der Waals surface area contributed by atoms with Crippen LogP contribution in [0.4, 0.5) is 18.9 Å². The average molecular weight is 406 g/mol. The van der Waals surface area contributed by atoms with Crippen molar-refractivity contribution in [1.82, 2.24) is 14.5 Å². The molecule has 0 bridgehead atoms. The SMILES string of the molecule is C.O=c1[nH]c2ccccc2n1CCN1CCN(c2cccc(C(F)(F)F)c2)CC1. The van der Waals surface area contributed by atoms with Gasteiger partial charge in [0, 0.05) is 45.0 Å². The van der Waals surface area contributed by atoms with Gasteiger partial charge in [0.05, 0.1) is 16.6 Å². The van der Waals surface area contributed by atoms with Crippen molar-refractivity contribution in [3.8, 4) is 0 Å². The Kier molecular flexibility index (Phi) is 6.02. The third-order valence-corrected chi connectivity index (χ3v) is 5.23. The first-order valence-electron chi connectivity index (χ1n) is 9.24. The van der Waals surface area contributed by atoms with Crippen LogP contribution in [0.5, 0.6) is 0 Å². The van der Waals surface area contributed by atoms with Crippen molar-refractivity contribution >= 4 is 16.7 Å². The monoisotopic (exact) mass is 406 g/mol. The molecule has 1 fully saturated rings. The molecule has 29 heavy (non-hydrogen) atoms. The molecule has 0 spiro atoms. The largest absolute Gasteiger partial charge is 0.416 e. The van der Waals surface area contributed by atoms with Crippen molar-refractivity contribution in [3.05, 3.63) is 64.6 Å². The predicted octanol–water partition coefficient (Wildman–Crippen LogP) is 3.81. The molecule has 0 saturated carbocycles. The highest BCUT2D eigenvalue weighted by molar-refractivity contribution is 5.74. The van der Waals surface area contributed by atoms with E-state index in [1.165, 1.54) is 12.1 Å². The molecule has 2 heterocycles. The van der Waals surface area contributed by atoms with Gasteiger partial charge in [0.15, 0.2) is 0 Å². The van der Waals surface area contributed by atoms with E-state index in [1.807, 2.05) is 29.2 Å². The zero-order chi connectivity index (χ0) is 19.7. The van der Waals surface area contributed by atoms with E-state index in [9.17, 15) is 18.0 Å². The Labute approximate surface area is 167 Å². The maximum absolute atomic E-state index is 12.9. The summed E-state index contributed by atoms with van der Waals surface area (Å²) in [5, 5.41) is 0. The van der Waals surface area contributed by atoms with Crippen molar-refractivity contribution in [1.29, 1.82) is 0 Å². The van der Waals surface area contributed by atoms with Crippen LogP contribution in [0.2, 0.25) is 0 Å². The number of imidazole rings is 1. The quantitative estimate of drug-likeness (QED) is 0.717. The van der Waals surface area contributed by atoms with Crippen LogP contribution in [0.15, 0.2) is 53.3 Å². The Bertz CT molecular complexity index is 1020. The average Bonchev–Trinajstić information content (AvgIpc) is 3.01. The molecule has 1 aliphatic heterocycles. The molecule has 0 atom stereocenters. The fourth-order valence-electron chi connectivity index (χ4n) is 3.68. The van der Waals surface area contributed by atoms with Crippen LogP contribution in [-0.4, -0.2) is 47.2 Å². The van der Waals surface area contributed by atoms with Gasteiger partial charge in [0.25, 0.3) is 0 Å². The van der Waals surface area contributed by atoms with E-state index in [4.69, 9.17) is 0 Å². The van der Waals surface area contributed by atoms with Gasteiger partial charge in [-0.05, 0) is 30.3 Å². The van der Waals surface area contributed by atoms with Crippen molar-refractivity contribution in [3.63, 3.8) is 0 Å². The Balaban J connectivity index is 0.00000240. The van der Waals surface area contributed by atoms with Crippen LogP contribution in [0.1, 0.15) is 13.0 Å². The zero-order valence-corrected chi connectivity index (χ0v) is 15.2. The van der Waals surface area contributed by atoms with Crippen LogP contribution in [0, 0.1) is 0 Å². The number of benzene rings is 2. The first-order valence-corrected chi connectivity index (χ1v) is 9.24. The minimum Gasteiger partial charge on any atom is -0.369 e. The summed E-state index contributed by atoms with van der Waals surface area (Å²) in [5.41, 5.74) is 1.56. The van der Waals surface area contributed by atoms with Gasteiger partial charge in [0.2, 0.25) is 0 Å². The van der Waals surface area contributed by atoms with E-state index >= 15 is 0 Å². The van der Waals surface area contributed by atoms with Crippen LogP contribution < -0.4 is 10.6 Å². The molecule has 1 aromatic heterocycles.